The van der Waals surface area contributed by atoms with Crippen LogP contribution in [0.5, 0.6) is 0 Å². The predicted molar refractivity (Wildman–Crippen MR) is 68.6 cm³/mol. The minimum atomic E-state index is -1.06. The molecule has 0 fully saturated rings. The number of carbonyl (C=O) groups is 1. The molecule has 0 radical (unpaired) electrons. The van der Waals surface area contributed by atoms with Gasteiger partial charge in [0.1, 0.15) is 0 Å². The number of benzene rings is 1. The number of fused-ring (bicyclic) bond motifs is 1. The maximum absolute atomic E-state index is 11.3. The van der Waals surface area contributed by atoms with E-state index in [1.54, 1.807) is 18.2 Å². The number of hydrogen-bond donors (Lipinski definition) is 3. The molecule has 2 rings (SSSR count). The summed E-state index contributed by atoms with van der Waals surface area (Å²) in [5.74, 6) is -1.06. The maximum Gasteiger partial charge on any atom is 0.337 e. The molecule has 88 valence electrons. The SMILES string of the molecule is C=C(N)c1cccc2c1C(C(=O)O)=C(Cl)CN2. The van der Waals surface area contributed by atoms with Crippen molar-refractivity contribution in [1.82, 2.24) is 0 Å². The quantitative estimate of drug-likeness (QED) is 0.751. The summed E-state index contributed by atoms with van der Waals surface area (Å²) in [7, 11) is 0. The average molecular weight is 251 g/mol. The molecular formula is C12H11ClN2O2. The van der Waals surface area contributed by atoms with Crippen molar-refractivity contribution in [3.63, 3.8) is 0 Å². The summed E-state index contributed by atoms with van der Waals surface area (Å²) in [4.78, 5) is 11.3. The van der Waals surface area contributed by atoms with Gasteiger partial charge >= 0.3 is 5.97 Å². The van der Waals surface area contributed by atoms with E-state index in [4.69, 9.17) is 17.3 Å². The number of nitrogens with one attached hydrogen (secondary N) is 1. The van der Waals surface area contributed by atoms with Crippen LogP contribution in [0.15, 0.2) is 29.8 Å². The molecule has 0 unspecified atom stereocenters. The van der Waals surface area contributed by atoms with Crippen molar-refractivity contribution < 1.29 is 9.90 Å². The largest absolute Gasteiger partial charge is 0.478 e. The van der Waals surface area contributed by atoms with E-state index in [1.165, 1.54) is 0 Å². The van der Waals surface area contributed by atoms with Gasteiger partial charge in [0.15, 0.2) is 0 Å². The van der Waals surface area contributed by atoms with Gasteiger partial charge in [-0.05, 0) is 6.07 Å². The van der Waals surface area contributed by atoms with E-state index < -0.39 is 5.97 Å². The first-order chi connectivity index (χ1) is 8.02. The number of hydrogen-bond acceptors (Lipinski definition) is 3. The highest BCUT2D eigenvalue weighted by Gasteiger charge is 2.25. The molecule has 1 aromatic carbocycles. The molecule has 4 N–H and O–H groups in total. The Bertz CT molecular complexity index is 549. The van der Waals surface area contributed by atoms with Crippen LogP contribution in [-0.2, 0) is 4.79 Å². The molecule has 0 spiro atoms. The first kappa shape index (κ1) is 11.5. The van der Waals surface area contributed by atoms with Gasteiger partial charge in [0.05, 0.1) is 17.2 Å². The van der Waals surface area contributed by atoms with E-state index in [-0.39, 0.29) is 10.6 Å². The normalized spacial score (nSPS) is 13.9. The monoisotopic (exact) mass is 250 g/mol. The van der Waals surface area contributed by atoms with Gasteiger partial charge in [0.25, 0.3) is 0 Å². The van der Waals surface area contributed by atoms with Crippen molar-refractivity contribution in [2.75, 3.05) is 11.9 Å². The molecular weight excluding hydrogens is 240 g/mol. The summed E-state index contributed by atoms with van der Waals surface area (Å²) in [5, 5.41) is 12.5. The minimum Gasteiger partial charge on any atom is -0.478 e. The first-order valence-electron chi connectivity index (χ1n) is 4.96. The second-order valence-corrected chi connectivity index (χ2v) is 4.15. The standard InChI is InChI=1S/C12H11ClN2O2/c1-6(14)7-3-2-4-9-10(7)11(12(16)17)8(13)5-15-9/h2-4,15H,1,5,14H2,(H,16,17). The van der Waals surface area contributed by atoms with Gasteiger partial charge in [0, 0.05) is 22.5 Å². The predicted octanol–water partition coefficient (Wildman–Crippen LogP) is 2.08. The Kier molecular flexibility index (Phi) is 2.81. The average Bonchev–Trinajstić information content (AvgIpc) is 2.27. The molecule has 0 saturated heterocycles. The summed E-state index contributed by atoms with van der Waals surface area (Å²) >= 11 is 5.95. The van der Waals surface area contributed by atoms with Crippen LogP contribution in [0.4, 0.5) is 5.69 Å². The number of nitrogens with two attached hydrogens (primary N) is 1. The highest BCUT2D eigenvalue weighted by molar-refractivity contribution is 6.40. The fourth-order valence-corrected chi connectivity index (χ4v) is 2.10. The van der Waals surface area contributed by atoms with Crippen LogP contribution in [0.3, 0.4) is 0 Å². The third kappa shape index (κ3) is 1.87. The Morgan fingerprint density at radius 1 is 1.53 bits per heavy atom. The Morgan fingerprint density at radius 3 is 2.82 bits per heavy atom. The summed E-state index contributed by atoms with van der Waals surface area (Å²) in [6.07, 6.45) is 0. The fourth-order valence-electron chi connectivity index (χ4n) is 1.86. The van der Waals surface area contributed by atoms with Crippen LogP contribution in [0, 0.1) is 0 Å². The topological polar surface area (TPSA) is 75.4 Å². The maximum atomic E-state index is 11.3. The van der Waals surface area contributed by atoms with Crippen molar-refractivity contribution in [1.29, 1.82) is 0 Å². The number of carboxylic acid groups (broad SMARTS) is 1. The highest BCUT2D eigenvalue weighted by Crippen LogP contribution is 2.36. The number of halogens is 1. The molecule has 0 saturated carbocycles. The molecule has 0 aromatic heterocycles. The first-order valence-corrected chi connectivity index (χ1v) is 5.34. The number of carboxylic acids is 1. The minimum absolute atomic E-state index is 0.0858. The van der Waals surface area contributed by atoms with Gasteiger partial charge in [-0.3, -0.25) is 0 Å². The van der Waals surface area contributed by atoms with Crippen LogP contribution < -0.4 is 11.1 Å². The van der Waals surface area contributed by atoms with Gasteiger partial charge in [0.2, 0.25) is 0 Å². The van der Waals surface area contributed by atoms with Crippen molar-refractivity contribution in [2.45, 2.75) is 0 Å². The van der Waals surface area contributed by atoms with Gasteiger partial charge < -0.3 is 16.2 Å². The molecule has 5 heteroatoms. The third-order valence-electron chi connectivity index (χ3n) is 2.58. The lowest BCUT2D eigenvalue weighted by Crippen LogP contribution is -2.18. The summed E-state index contributed by atoms with van der Waals surface area (Å²) < 4.78 is 0. The van der Waals surface area contributed by atoms with Gasteiger partial charge in [-0.1, -0.05) is 30.3 Å². The molecule has 0 atom stereocenters. The smallest absolute Gasteiger partial charge is 0.337 e. The molecule has 1 heterocycles. The Labute approximate surface area is 103 Å². The van der Waals surface area contributed by atoms with Crippen LogP contribution in [0.2, 0.25) is 0 Å². The summed E-state index contributed by atoms with van der Waals surface area (Å²) in [5.41, 5.74) is 7.86. The van der Waals surface area contributed by atoms with E-state index in [0.717, 1.165) is 0 Å². The van der Waals surface area contributed by atoms with Crippen LogP contribution >= 0.6 is 11.6 Å². The van der Waals surface area contributed by atoms with Crippen LogP contribution in [0.1, 0.15) is 11.1 Å². The second kappa shape index (κ2) is 4.14. The van der Waals surface area contributed by atoms with E-state index in [2.05, 4.69) is 11.9 Å². The third-order valence-corrected chi connectivity index (χ3v) is 2.90. The van der Waals surface area contributed by atoms with E-state index >= 15 is 0 Å². The lowest BCUT2D eigenvalue weighted by molar-refractivity contribution is -0.130. The molecule has 1 aromatic rings. The fraction of sp³-hybridized carbons (Fsp3) is 0.0833. The lowest BCUT2D eigenvalue weighted by atomic mass is 9.93. The zero-order valence-electron chi connectivity index (χ0n) is 8.96. The molecule has 1 aliphatic heterocycles. The highest BCUT2D eigenvalue weighted by atomic mass is 35.5. The van der Waals surface area contributed by atoms with Crippen molar-refractivity contribution in [2.24, 2.45) is 5.73 Å². The molecule has 0 aliphatic carbocycles. The zero-order valence-corrected chi connectivity index (χ0v) is 9.71. The van der Waals surface area contributed by atoms with Crippen molar-refractivity contribution in [3.05, 3.63) is 40.9 Å². The molecule has 0 bridgehead atoms. The Balaban J connectivity index is 2.76. The molecule has 0 amide bonds. The molecule has 17 heavy (non-hydrogen) atoms. The number of aliphatic carboxylic acids is 1. The van der Waals surface area contributed by atoms with Gasteiger partial charge in [-0.15, -0.1) is 0 Å². The molecule has 1 aliphatic rings. The summed E-state index contributed by atoms with van der Waals surface area (Å²) in [6.45, 7) is 3.95. The van der Waals surface area contributed by atoms with E-state index in [9.17, 15) is 9.90 Å². The number of anilines is 1. The van der Waals surface area contributed by atoms with E-state index in [1.807, 2.05) is 0 Å². The van der Waals surface area contributed by atoms with Gasteiger partial charge in [-0.2, -0.15) is 0 Å². The lowest BCUT2D eigenvalue weighted by Gasteiger charge is -2.22. The number of rotatable bonds is 2. The van der Waals surface area contributed by atoms with Crippen LogP contribution in [-0.4, -0.2) is 17.6 Å². The Morgan fingerprint density at radius 2 is 2.24 bits per heavy atom. The zero-order chi connectivity index (χ0) is 12.6. The van der Waals surface area contributed by atoms with Gasteiger partial charge in [-0.25, -0.2) is 4.79 Å². The van der Waals surface area contributed by atoms with Crippen molar-refractivity contribution in [3.8, 4) is 0 Å². The van der Waals surface area contributed by atoms with Crippen LogP contribution in [0.25, 0.3) is 11.3 Å². The Hall–Kier alpha value is -1.94. The second-order valence-electron chi connectivity index (χ2n) is 3.69. The van der Waals surface area contributed by atoms with E-state index in [0.29, 0.717) is 29.1 Å². The van der Waals surface area contributed by atoms with Crippen molar-refractivity contribution >= 4 is 34.5 Å². The molecule has 4 nitrogen and oxygen atoms in total. The summed E-state index contributed by atoms with van der Waals surface area (Å²) in [6, 6.07) is 5.30.